The Morgan fingerprint density at radius 3 is 2.45 bits per heavy atom. The molecular formula is C12H18N4O3S. The molecule has 3 rings (SSSR count). The minimum Gasteiger partial charge on any atom is -0.340 e. The first-order valence-corrected chi connectivity index (χ1v) is 8.23. The average molecular weight is 298 g/mol. The Balaban J connectivity index is 1.66. The molecule has 8 heteroatoms. The van der Waals surface area contributed by atoms with E-state index in [0.717, 1.165) is 12.8 Å². The molecule has 2 fully saturated rings. The van der Waals surface area contributed by atoms with Crippen molar-refractivity contribution in [3.8, 4) is 0 Å². The van der Waals surface area contributed by atoms with E-state index in [1.54, 1.807) is 11.8 Å². The second-order valence-corrected chi connectivity index (χ2v) is 7.24. The summed E-state index contributed by atoms with van der Waals surface area (Å²) in [5.74, 6) is 0.943. The molecule has 2 heterocycles. The molecule has 20 heavy (non-hydrogen) atoms. The Bertz CT molecular complexity index is 612. The summed E-state index contributed by atoms with van der Waals surface area (Å²) in [5, 5.41) is 0.122. The van der Waals surface area contributed by atoms with Gasteiger partial charge in [-0.05, 0) is 19.8 Å². The number of aromatic nitrogens is 2. The number of H-pyrrole nitrogens is 1. The zero-order valence-electron chi connectivity index (χ0n) is 11.4. The average Bonchev–Trinajstić information content (AvgIpc) is 3.19. The van der Waals surface area contributed by atoms with Crippen LogP contribution in [0, 0.1) is 12.8 Å². The minimum absolute atomic E-state index is 0.122. The van der Waals surface area contributed by atoms with E-state index in [-0.39, 0.29) is 16.9 Å². The van der Waals surface area contributed by atoms with E-state index in [1.165, 1.54) is 10.5 Å². The Morgan fingerprint density at radius 2 is 1.95 bits per heavy atom. The second kappa shape index (κ2) is 4.85. The summed E-state index contributed by atoms with van der Waals surface area (Å²) in [6, 6.07) is 0. The fourth-order valence-electron chi connectivity index (χ4n) is 2.41. The number of nitrogens with zero attached hydrogens (tertiary/aromatic N) is 3. The highest BCUT2D eigenvalue weighted by atomic mass is 32.2. The van der Waals surface area contributed by atoms with Gasteiger partial charge >= 0.3 is 0 Å². The highest BCUT2D eigenvalue weighted by Gasteiger charge is 2.36. The molecule has 0 aromatic carbocycles. The van der Waals surface area contributed by atoms with Crippen LogP contribution in [-0.2, 0) is 14.8 Å². The number of rotatable bonds is 3. The van der Waals surface area contributed by atoms with Gasteiger partial charge in [-0.2, -0.15) is 4.31 Å². The van der Waals surface area contributed by atoms with Crippen molar-refractivity contribution in [2.24, 2.45) is 5.92 Å². The molecule has 0 unspecified atom stereocenters. The summed E-state index contributed by atoms with van der Waals surface area (Å²) >= 11 is 0. The zero-order chi connectivity index (χ0) is 14.3. The van der Waals surface area contributed by atoms with E-state index < -0.39 is 10.0 Å². The number of imidazole rings is 1. The lowest BCUT2D eigenvalue weighted by atomic mass is 10.3. The molecule has 1 aromatic heterocycles. The van der Waals surface area contributed by atoms with Crippen molar-refractivity contribution >= 4 is 15.9 Å². The minimum atomic E-state index is -3.52. The van der Waals surface area contributed by atoms with Gasteiger partial charge in [-0.1, -0.05) is 0 Å². The molecule has 0 spiro atoms. The van der Waals surface area contributed by atoms with Crippen molar-refractivity contribution in [1.82, 2.24) is 19.2 Å². The number of amides is 1. The molecule has 1 aliphatic carbocycles. The Morgan fingerprint density at radius 1 is 1.30 bits per heavy atom. The number of piperazine rings is 1. The monoisotopic (exact) mass is 298 g/mol. The normalized spacial score (nSPS) is 21.1. The van der Waals surface area contributed by atoms with Crippen molar-refractivity contribution in [2.75, 3.05) is 26.2 Å². The van der Waals surface area contributed by atoms with Crippen molar-refractivity contribution in [3.05, 3.63) is 12.0 Å². The molecular weight excluding hydrogens is 280 g/mol. The molecule has 0 radical (unpaired) electrons. The van der Waals surface area contributed by atoms with Crippen LogP contribution in [0.1, 0.15) is 18.7 Å². The maximum Gasteiger partial charge on any atom is 0.260 e. The van der Waals surface area contributed by atoms with Crippen molar-refractivity contribution in [1.29, 1.82) is 0 Å². The Kier molecular flexibility index (Phi) is 3.29. The molecule has 1 saturated heterocycles. The topological polar surface area (TPSA) is 86.4 Å². The van der Waals surface area contributed by atoms with E-state index in [1.807, 2.05) is 0 Å². The largest absolute Gasteiger partial charge is 0.340 e. The predicted molar refractivity (Wildman–Crippen MR) is 71.4 cm³/mol. The molecule has 1 aromatic rings. The summed E-state index contributed by atoms with van der Waals surface area (Å²) in [7, 11) is -3.52. The van der Waals surface area contributed by atoms with Gasteiger partial charge in [0.25, 0.3) is 10.0 Å². The molecule has 1 amide bonds. The third-order valence-electron chi connectivity index (χ3n) is 3.77. The SMILES string of the molecule is Cc1ncc(S(=O)(=O)N2CCN(C(=O)C3CC3)CC2)[nH]1. The summed E-state index contributed by atoms with van der Waals surface area (Å²) < 4.78 is 26.2. The van der Waals surface area contributed by atoms with Gasteiger partial charge in [0, 0.05) is 32.1 Å². The van der Waals surface area contributed by atoms with Gasteiger partial charge in [0.2, 0.25) is 5.91 Å². The van der Waals surface area contributed by atoms with Gasteiger partial charge in [-0.25, -0.2) is 13.4 Å². The number of carbonyl (C=O) groups excluding carboxylic acids is 1. The third kappa shape index (κ3) is 2.45. The van der Waals surface area contributed by atoms with Crippen LogP contribution in [0.15, 0.2) is 11.2 Å². The maximum atomic E-state index is 12.4. The molecule has 0 atom stereocenters. The number of sulfonamides is 1. The molecule has 0 bridgehead atoms. The molecule has 2 aliphatic rings. The van der Waals surface area contributed by atoms with Crippen LogP contribution >= 0.6 is 0 Å². The molecule has 1 saturated carbocycles. The number of aromatic amines is 1. The van der Waals surface area contributed by atoms with Crippen molar-refractivity contribution < 1.29 is 13.2 Å². The van der Waals surface area contributed by atoms with E-state index in [0.29, 0.717) is 32.0 Å². The number of hydrogen-bond donors (Lipinski definition) is 1. The first-order valence-electron chi connectivity index (χ1n) is 6.79. The standard InChI is InChI=1S/C12H18N4O3S/c1-9-13-8-11(14-9)20(18,19)16-6-4-15(5-7-16)12(17)10-2-3-10/h8,10H,2-7H2,1H3,(H,13,14). The van der Waals surface area contributed by atoms with Crippen molar-refractivity contribution in [2.45, 2.75) is 24.8 Å². The quantitative estimate of drug-likeness (QED) is 0.848. The lowest BCUT2D eigenvalue weighted by molar-refractivity contribution is -0.133. The Hall–Kier alpha value is -1.41. The van der Waals surface area contributed by atoms with Gasteiger partial charge in [-0.3, -0.25) is 4.79 Å². The van der Waals surface area contributed by atoms with Gasteiger partial charge in [0.05, 0.1) is 6.20 Å². The molecule has 1 aliphatic heterocycles. The highest BCUT2D eigenvalue weighted by Crippen LogP contribution is 2.31. The first-order chi connectivity index (χ1) is 9.48. The van der Waals surface area contributed by atoms with Crippen LogP contribution in [0.2, 0.25) is 0 Å². The van der Waals surface area contributed by atoms with Crippen LogP contribution in [0.3, 0.4) is 0 Å². The zero-order valence-corrected chi connectivity index (χ0v) is 12.2. The Labute approximate surface area is 118 Å². The third-order valence-corrected chi connectivity index (χ3v) is 5.58. The van der Waals surface area contributed by atoms with Gasteiger partial charge < -0.3 is 9.88 Å². The van der Waals surface area contributed by atoms with E-state index >= 15 is 0 Å². The fourth-order valence-corrected chi connectivity index (χ4v) is 3.79. The maximum absolute atomic E-state index is 12.4. The second-order valence-electron chi connectivity index (χ2n) is 5.34. The smallest absolute Gasteiger partial charge is 0.260 e. The lowest BCUT2D eigenvalue weighted by Gasteiger charge is -2.33. The summed E-state index contributed by atoms with van der Waals surface area (Å²) in [4.78, 5) is 20.4. The van der Waals surface area contributed by atoms with Crippen molar-refractivity contribution in [3.63, 3.8) is 0 Å². The van der Waals surface area contributed by atoms with Crippen LogP contribution in [0.5, 0.6) is 0 Å². The predicted octanol–water partition coefficient (Wildman–Crippen LogP) is -0.0390. The molecule has 7 nitrogen and oxygen atoms in total. The molecule has 1 N–H and O–H groups in total. The number of nitrogens with one attached hydrogen (secondary N) is 1. The van der Waals surface area contributed by atoms with Crippen LogP contribution < -0.4 is 0 Å². The highest BCUT2D eigenvalue weighted by molar-refractivity contribution is 7.89. The number of carbonyl (C=O) groups is 1. The summed E-state index contributed by atoms with van der Waals surface area (Å²) in [5.41, 5.74) is 0. The van der Waals surface area contributed by atoms with Gasteiger partial charge in [0.15, 0.2) is 5.03 Å². The summed E-state index contributed by atoms with van der Waals surface area (Å²) in [6.07, 6.45) is 3.29. The first kappa shape index (κ1) is 13.6. The van der Waals surface area contributed by atoms with Crippen LogP contribution in [-0.4, -0.2) is 59.7 Å². The molecule has 110 valence electrons. The van der Waals surface area contributed by atoms with E-state index in [2.05, 4.69) is 9.97 Å². The van der Waals surface area contributed by atoms with E-state index in [9.17, 15) is 13.2 Å². The summed E-state index contributed by atoms with van der Waals surface area (Å²) in [6.45, 7) is 3.35. The number of aryl methyl sites for hydroxylation is 1. The van der Waals surface area contributed by atoms with Crippen LogP contribution in [0.25, 0.3) is 0 Å². The lowest BCUT2D eigenvalue weighted by Crippen LogP contribution is -2.50. The van der Waals surface area contributed by atoms with E-state index in [4.69, 9.17) is 0 Å². The fraction of sp³-hybridized carbons (Fsp3) is 0.667. The van der Waals surface area contributed by atoms with Gasteiger partial charge in [-0.15, -0.1) is 0 Å². The van der Waals surface area contributed by atoms with Crippen LogP contribution in [0.4, 0.5) is 0 Å². The van der Waals surface area contributed by atoms with Gasteiger partial charge in [0.1, 0.15) is 5.82 Å². The number of hydrogen-bond acceptors (Lipinski definition) is 4.